The van der Waals surface area contributed by atoms with E-state index in [0.29, 0.717) is 11.3 Å². The molecule has 2 heterocycles. The number of rotatable bonds is 5. The molecule has 0 unspecified atom stereocenters. The maximum absolute atomic E-state index is 12.8. The summed E-state index contributed by atoms with van der Waals surface area (Å²) in [4.78, 5) is 33.3. The highest BCUT2D eigenvalue weighted by atomic mass is 16.4. The van der Waals surface area contributed by atoms with E-state index in [9.17, 15) is 19.8 Å². The SMILES string of the molecule is O=C(O)c1cn(-c2ccc3c(c2)CCC3)c2nc(Nc3cccc(CO)c3)ncc2c1=O. The molecule has 2 aromatic carbocycles. The maximum Gasteiger partial charge on any atom is 0.341 e. The van der Waals surface area contributed by atoms with E-state index in [4.69, 9.17) is 0 Å². The van der Waals surface area contributed by atoms with E-state index in [1.54, 1.807) is 22.8 Å². The standard InChI is InChI=1S/C24H20N4O4/c29-13-14-3-1-6-17(9-14)26-24-25-11-19-21(30)20(23(31)32)12-28(22(19)27-24)18-8-7-15-4-2-5-16(15)10-18/h1,3,6-12,29H,2,4-5,13H2,(H,31,32)(H,25,26,27). The molecule has 0 amide bonds. The van der Waals surface area contributed by atoms with Gasteiger partial charge >= 0.3 is 5.97 Å². The molecule has 0 fully saturated rings. The van der Waals surface area contributed by atoms with Gasteiger partial charge in [-0.05, 0) is 60.2 Å². The van der Waals surface area contributed by atoms with Crippen molar-refractivity contribution in [1.29, 1.82) is 0 Å². The molecular weight excluding hydrogens is 408 g/mol. The number of hydrogen-bond donors (Lipinski definition) is 3. The predicted octanol–water partition coefficient (Wildman–Crippen LogP) is 3.20. The first-order chi connectivity index (χ1) is 15.5. The smallest absolute Gasteiger partial charge is 0.341 e. The van der Waals surface area contributed by atoms with Crippen molar-refractivity contribution in [2.24, 2.45) is 0 Å². The number of benzene rings is 2. The van der Waals surface area contributed by atoms with E-state index < -0.39 is 11.4 Å². The van der Waals surface area contributed by atoms with Crippen molar-refractivity contribution in [3.63, 3.8) is 0 Å². The van der Waals surface area contributed by atoms with E-state index in [2.05, 4.69) is 15.3 Å². The first-order valence-electron chi connectivity index (χ1n) is 10.3. The zero-order valence-corrected chi connectivity index (χ0v) is 17.1. The van der Waals surface area contributed by atoms with Gasteiger partial charge in [0.15, 0.2) is 5.65 Å². The van der Waals surface area contributed by atoms with Gasteiger partial charge < -0.3 is 20.1 Å². The molecule has 2 aromatic heterocycles. The number of anilines is 2. The summed E-state index contributed by atoms with van der Waals surface area (Å²) in [5.74, 6) is -1.04. The topological polar surface area (TPSA) is 117 Å². The number of aliphatic hydroxyl groups is 1. The summed E-state index contributed by atoms with van der Waals surface area (Å²) in [6, 6.07) is 13.2. The Kier molecular flexibility index (Phi) is 4.91. The van der Waals surface area contributed by atoms with Gasteiger partial charge in [-0.3, -0.25) is 4.79 Å². The number of nitrogens with zero attached hydrogens (tertiary/aromatic N) is 3. The van der Waals surface area contributed by atoms with Crippen molar-refractivity contribution in [2.45, 2.75) is 25.9 Å². The fourth-order valence-electron chi connectivity index (χ4n) is 4.10. The lowest BCUT2D eigenvalue weighted by Gasteiger charge is -2.14. The van der Waals surface area contributed by atoms with E-state index in [1.165, 1.54) is 23.5 Å². The van der Waals surface area contributed by atoms with Crippen LogP contribution in [0.15, 0.2) is 59.7 Å². The summed E-state index contributed by atoms with van der Waals surface area (Å²) in [6.45, 7) is -0.0933. The highest BCUT2D eigenvalue weighted by molar-refractivity contribution is 5.92. The van der Waals surface area contributed by atoms with Crippen LogP contribution < -0.4 is 10.7 Å². The Balaban J connectivity index is 1.68. The lowest BCUT2D eigenvalue weighted by Crippen LogP contribution is -2.19. The summed E-state index contributed by atoms with van der Waals surface area (Å²) in [5, 5.41) is 22.1. The Bertz CT molecular complexity index is 1430. The van der Waals surface area contributed by atoms with E-state index in [1.807, 2.05) is 24.3 Å². The summed E-state index contributed by atoms with van der Waals surface area (Å²) < 4.78 is 1.63. The third-order valence-electron chi connectivity index (χ3n) is 5.70. The average Bonchev–Trinajstić information content (AvgIpc) is 3.27. The predicted molar refractivity (Wildman–Crippen MR) is 120 cm³/mol. The largest absolute Gasteiger partial charge is 0.477 e. The van der Waals surface area contributed by atoms with Crippen LogP contribution in [0.1, 0.15) is 33.5 Å². The minimum Gasteiger partial charge on any atom is -0.477 e. The number of carboxylic acids is 1. The van der Waals surface area contributed by atoms with Crippen LogP contribution in [-0.4, -0.2) is 30.7 Å². The normalized spacial score (nSPS) is 12.7. The fourth-order valence-corrected chi connectivity index (χ4v) is 4.10. The van der Waals surface area contributed by atoms with Crippen molar-refractivity contribution in [3.8, 4) is 5.69 Å². The number of carboxylic acid groups (broad SMARTS) is 1. The minimum absolute atomic E-state index is 0.0933. The minimum atomic E-state index is -1.30. The van der Waals surface area contributed by atoms with Crippen molar-refractivity contribution >= 4 is 28.6 Å². The van der Waals surface area contributed by atoms with Gasteiger partial charge in [-0.1, -0.05) is 18.2 Å². The Morgan fingerprint density at radius 1 is 1.12 bits per heavy atom. The van der Waals surface area contributed by atoms with Crippen molar-refractivity contribution in [1.82, 2.24) is 14.5 Å². The molecule has 3 N–H and O–H groups in total. The molecule has 4 aromatic rings. The van der Waals surface area contributed by atoms with Gasteiger partial charge in [0.25, 0.3) is 0 Å². The second-order valence-corrected chi connectivity index (χ2v) is 7.77. The Morgan fingerprint density at radius 3 is 2.78 bits per heavy atom. The Labute approximate surface area is 182 Å². The number of hydrogen-bond acceptors (Lipinski definition) is 6. The number of aromatic nitrogens is 3. The first-order valence-corrected chi connectivity index (χ1v) is 10.3. The van der Waals surface area contributed by atoms with Gasteiger partial charge in [0.2, 0.25) is 11.4 Å². The van der Waals surface area contributed by atoms with Crippen LogP contribution in [0.4, 0.5) is 11.6 Å². The molecule has 5 rings (SSSR count). The molecule has 32 heavy (non-hydrogen) atoms. The molecule has 160 valence electrons. The third kappa shape index (κ3) is 3.50. The van der Waals surface area contributed by atoms with Crippen molar-refractivity contribution < 1.29 is 15.0 Å². The lowest BCUT2D eigenvalue weighted by atomic mass is 10.1. The van der Waals surface area contributed by atoms with E-state index >= 15 is 0 Å². The van der Waals surface area contributed by atoms with Gasteiger partial charge in [-0.15, -0.1) is 0 Å². The van der Waals surface area contributed by atoms with Crippen molar-refractivity contribution in [2.75, 3.05) is 5.32 Å². The highest BCUT2D eigenvalue weighted by Gasteiger charge is 2.19. The molecule has 0 saturated heterocycles. The molecule has 0 atom stereocenters. The van der Waals surface area contributed by atoms with Gasteiger partial charge in [-0.2, -0.15) is 4.98 Å². The first kappa shape index (κ1) is 19.9. The molecule has 0 saturated carbocycles. The monoisotopic (exact) mass is 428 g/mol. The van der Waals surface area contributed by atoms with Crippen LogP contribution in [0.2, 0.25) is 0 Å². The van der Waals surface area contributed by atoms with Crippen LogP contribution in [0.25, 0.3) is 16.7 Å². The van der Waals surface area contributed by atoms with Crippen LogP contribution in [0.5, 0.6) is 0 Å². The van der Waals surface area contributed by atoms with Gasteiger partial charge in [0.05, 0.1) is 12.0 Å². The van der Waals surface area contributed by atoms with Gasteiger partial charge in [0.1, 0.15) is 5.56 Å². The highest BCUT2D eigenvalue weighted by Crippen LogP contribution is 2.26. The van der Waals surface area contributed by atoms with Crippen LogP contribution in [0.3, 0.4) is 0 Å². The molecule has 0 radical (unpaired) electrons. The zero-order chi connectivity index (χ0) is 22.2. The Hall–Kier alpha value is -4.04. The summed E-state index contributed by atoms with van der Waals surface area (Å²) in [7, 11) is 0. The summed E-state index contributed by atoms with van der Waals surface area (Å²) in [5.41, 5.74) is 4.02. The molecule has 1 aliphatic carbocycles. The molecule has 0 bridgehead atoms. The molecular formula is C24H20N4O4. The van der Waals surface area contributed by atoms with Crippen LogP contribution >= 0.6 is 0 Å². The van der Waals surface area contributed by atoms with Gasteiger partial charge in [0, 0.05) is 23.8 Å². The lowest BCUT2D eigenvalue weighted by molar-refractivity contribution is 0.0695. The van der Waals surface area contributed by atoms with E-state index in [0.717, 1.165) is 30.5 Å². The quantitative estimate of drug-likeness (QED) is 0.447. The van der Waals surface area contributed by atoms with Crippen molar-refractivity contribution in [3.05, 3.63) is 87.3 Å². The van der Waals surface area contributed by atoms with Crippen LogP contribution in [0, 0.1) is 0 Å². The number of aromatic carboxylic acids is 1. The molecule has 8 heteroatoms. The number of pyridine rings is 1. The Morgan fingerprint density at radius 2 is 1.97 bits per heavy atom. The summed E-state index contributed by atoms with van der Waals surface area (Å²) in [6.07, 6.45) is 5.76. The molecule has 0 aliphatic heterocycles. The van der Waals surface area contributed by atoms with Crippen LogP contribution in [-0.2, 0) is 19.4 Å². The number of fused-ring (bicyclic) bond motifs is 2. The summed E-state index contributed by atoms with van der Waals surface area (Å²) >= 11 is 0. The second-order valence-electron chi connectivity index (χ2n) is 7.77. The second kappa shape index (κ2) is 7.90. The molecule has 0 spiro atoms. The molecule has 8 nitrogen and oxygen atoms in total. The maximum atomic E-state index is 12.8. The fraction of sp³-hybridized carbons (Fsp3) is 0.167. The number of aliphatic hydroxyl groups excluding tert-OH is 1. The number of nitrogens with one attached hydrogen (secondary N) is 1. The molecule has 1 aliphatic rings. The average molecular weight is 428 g/mol. The number of aryl methyl sites for hydroxylation is 2. The van der Waals surface area contributed by atoms with Gasteiger partial charge in [-0.25, -0.2) is 9.78 Å². The number of carbonyl (C=O) groups is 1. The third-order valence-corrected chi connectivity index (χ3v) is 5.70. The zero-order valence-electron chi connectivity index (χ0n) is 17.1. The van der Waals surface area contributed by atoms with E-state index in [-0.39, 0.29) is 23.5 Å².